The Morgan fingerprint density at radius 1 is 0.960 bits per heavy atom. The van der Waals surface area contributed by atoms with Gasteiger partial charge in [0.15, 0.2) is 0 Å². The normalized spacial score (nSPS) is 13.0. The maximum absolute atomic E-state index is 11.7. The van der Waals surface area contributed by atoms with Gasteiger partial charge < -0.3 is 14.2 Å². The predicted molar refractivity (Wildman–Crippen MR) is 95.5 cm³/mol. The Morgan fingerprint density at radius 3 is 2.16 bits per heavy atom. The molecule has 2 rings (SSSR count). The summed E-state index contributed by atoms with van der Waals surface area (Å²) in [6.45, 7) is 1.81. The van der Waals surface area contributed by atoms with Crippen LogP contribution in [0.5, 0.6) is 17.2 Å². The first-order valence-electron chi connectivity index (χ1n) is 8.05. The minimum Gasteiger partial charge on any atom is -0.497 e. The van der Waals surface area contributed by atoms with Gasteiger partial charge in [-0.1, -0.05) is 31.2 Å². The highest BCUT2D eigenvalue weighted by atomic mass is 16.6. The number of hydrogen-bond donors (Lipinski definition) is 0. The fraction of sp³-hybridized carbons (Fsp3) is 0.368. The summed E-state index contributed by atoms with van der Waals surface area (Å²) < 4.78 is 16.2. The van der Waals surface area contributed by atoms with E-state index in [2.05, 4.69) is 0 Å². The highest BCUT2D eigenvalue weighted by Gasteiger charge is 2.36. The summed E-state index contributed by atoms with van der Waals surface area (Å²) in [5.41, 5.74) is 1.49. The van der Waals surface area contributed by atoms with Crippen LogP contribution >= 0.6 is 0 Å². The Morgan fingerprint density at radius 2 is 1.60 bits per heavy atom. The van der Waals surface area contributed by atoms with E-state index in [1.165, 1.54) is 0 Å². The fourth-order valence-corrected chi connectivity index (χ4v) is 3.09. The summed E-state index contributed by atoms with van der Waals surface area (Å²) in [6.07, 6.45) is 0.380. The van der Waals surface area contributed by atoms with E-state index in [4.69, 9.17) is 14.2 Å². The zero-order chi connectivity index (χ0) is 18.4. The van der Waals surface area contributed by atoms with Gasteiger partial charge in [-0.15, -0.1) is 0 Å². The summed E-state index contributed by atoms with van der Waals surface area (Å²) in [5.74, 6) is 1.30. The van der Waals surface area contributed by atoms with E-state index >= 15 is 0 Å². The van der Waals surface area contributed by atoms with Gasteiger partial charge in [-0.25, -0.2) is 0 Å². The number of methoxy groups -OCH3 is 3. The molecule has 0 bridgehead atoms. The molecule has 0 unspecified atom stereocenters. The standard InChI is InChI=1S/C19H23NO5/c1-5-16(20(21)22)19(14-8-6-7-9-17(14)24-3)15-11-10-13(23-2)12-18(15)25-4/h6-12,16,19H,5H2,1-4H3/t16-,19+/m0/s1. The van der Waals surface area contributed by atoms with Crippen molar-refractivity contribution in [2.24, 2.45) is 0 Å². The third kappa shape index (κ3) is 3.84. The molecule has 2 aromatic rings. The number of hydrogen-bond acceptors (Lipinski definition) is 5. The summed E-state index contributed by atoms with van der Waals surface area (Å²) in [5, 5.41) is 11.7. The van der Waals surface area contributed by atoms with Gasteiger partial charge >= 0.3 is 0 Å². The second-order valence-corrected chi connectivity index (χ2v) is 5.59. The molecule has 0 aromatic heterocycles. The number of benzene rings is 2. The van der Waals surface area contributed by atoms with Gasteiger partial charge in [0.2, 0.25) is 6.04 Å². The maximum Gasteiger partial charge on any atom is 0.223 e. The maximum atomic E-state index is 11.7. The van der Waals surface area contributed by atoms with Gasteiger partial charge in [-0.3, -0.25) is 10.1 Å². The van der Waals surface area contributed by atoms with Crippen LogP contribution in [-0.2, 0) is 0 Å². The van der Waals surface area contributed by atoms with Crippen molar-refractivity contribution in [3.05, 3.63) is 63.7 Å². The average Bonchev–Trinajstić information content (AvgIpc) is 2.65. The smallest absolute Gasteiger partial charge is 0.223 e. The van der Waals surface area contributed by atoms with Crippen LogP contribution in [0.4, 0.5) is 0 Å². The molecule has 0 fully saturated rings. The van der Waals surface area contributed by atoms with E-state index in [1.807, 2.05) is 37.3 Å². The molecule has 134 valence electrons. The van der Waals surface area contributed by atoms with E-state index in [0.717, 1.165) is 11.1 Å². The largest absolute Gasteiger partial charge is 0.497 e. The SMILES string of the molecule is CC[C@@H]([C@H](c1ccccc1OC)c1ccc(OC)cc1OC)[N+](=O)[O-]. The highest BCUT2D eigenvalue weighted by Crippen LogP contribution is 2.41. The first-order valence-corrected chi connectivity index (χ1v) is 8.05. The lowest BCUT2D eigenvalue weighted by molar-refractivity contribution is -0.525. The van der Waals surface area contributed by atoms with Gasteiger partial charge in [0.25, 0.3) is 0 Å². The van der Waals surface area contributed by atoms with E-state index in [1.54, 1.807) is 33.5 Å². The van der Waals surface area contributed by atoms with Gasteiger partial charge in [0.05, 0.1) is 27.2 Å². The van der Waals surface area contributed by atoms with Crippen molar-refractivity contribution in [2.75, 3.05) is 21.3 Å². The number of rotatable bonds is 8. The first kappa shape index (κ1) is 18.6. The van der Waals surface area contributed by atoms with Crippen LogP contribution in [0.2, 0.25) is 0 Å². The van der Waals surface area contributed by atoms with Gasteiger partial charge in [-0.05, 0) is 12.1 Å². The number of nitro groups is 1. The van der Waals surface area contributed by atoms with Gasteiger partial charge in [0, 0.05) is 28.5 Å². The van der Waals surface area contributed by atoms with Crippen LogP contribution in [0.25, 0.3) is 0 Å². The average molecular weight is 345 g/mol. The lowest BCUT2D eigenvalue weighted by Gasteiger charge is -2.24. The third-order valence-corrected chi connectivity index (χ3v) is 4.32. The quantitative estimate of drug-likeness (QED) is 0.536. The molecule has 6 nitrogen and oxygen atoms in total. The second kappa shape index (κ2) is 8.37. The van der Waals surface area contributed by atoms with E-state index in [9.17, 15) is 10.1 Å². The van der Waals surface area contributed by atoms with Crippen molar-refractivity contribution in [2.45, 2.75) is 25.3 Å². The van der Waals surface area contributed by atoms with Gasteiger partial charge in [0.1, 0.15) is 17.2 Å². The van der Waals surface area contributed by atoms with Crippen LogP contribution in [0.15, 0.2) is 42.5 Å². The second-order valence-electron chi connectivity index (χ2n) is 5.59. The Labute approximate surface area is 147 Å². The number of ether oxygens (including phenoxy) is 3. The number of para-hydroxylation sites is 1. The molecule has 2 atom stereocenters. The predicted octanol–water partition coefficient (Wildman–Crippen LogP) is 3.90. The molecule has 0 amide bonds. The Bertz CT molecular complexity index is 732. The fourth-order valence-electron chi connectivity index (χ4n) is 3.09. The van der Waals surface area contributed by atoms with Crippen LogP contribution < -0.4 is 14.2 Å². The Hall–Kier alpha value is -2.76. The first-order chi connectivity index (χ1) is 12.1. The minimum atomic E-state index is -0.807. The molecule has 0 saturated heterocycles. The molecule has 0 aliphatic heterocycles. The molecule has 0 spiro atoms. The molecule has 0 heterocycles. The molecular formula is C19H23NO5. The van der Waals surface area contributed by atoms with Crippen molar-refractivity contribution in [3.63, 3.8) is 0 Å². The molecule has 0 radical (unpaired) electrons. The Balaban J connectivity index is 2.69. The number of nitrogens with zero attached hydrogens (tertiary/aromatic N) is 1. The van der Waals surface area contributed by atoms with Crippen LogP contribution in [-0.4, -0.2) is 32.3 Å². The molecular weight excluding hydrogens is 322 g/mol. The van der Waals surface area contributed by atoms with Gasteiger partial charge in [-0.2, -0.15) is 0 Å². The van der Waals surface area contributed by atoms with E-state index in [-0.39, 0.29) is 4.92 Å². The van der Waals surface area contributed by atoms with Crippen molar-refractivity contribution < 1.29 is 19.1 Å². The summed E-state index contributed by atoms with van der Waals surface area (Å²) >= 11 is 0. The molecule has 0 saturated carbocycles. The highest BCUT2D eigenvalue weighted by molar-refractivity contribution is 5.50. The molecule has 25 heavy (non-hydrogen) atoms. The summed E-state index contributed by atoms with van der Waals surface area (Å²) in [4.78, 5) is 11.5. The molecule has 0 aliphatic rings. The van der Waals surface area contributed by atoms with Crippen LogP contribution in [0, 0.1) is 10.1 Å². The lowest BCUT2D eigenvalue weighted by Crippen LogP contribution is -2.28. The van der Waals surface area contributed by atoms with Crippen molar-refractivity contribution >= 4 is 0 Å². The van der Waals surface area contributed by atoms with E-state index in [0.29, 0.717) is 23.7 Å². The summed E-state index contributed by atoms with van der Waals surface area (Å²) in [6, 6.07) is 11.9. The lowest BCUT2D eigenvalue weighted by atomic mass is 9.83. The monoisotopic (exact) mass is 345 g/mol. The molecule has 0 aliphatic carbocycles. The van der Waals surface area contributed by atoms with Crippen molar-refractivity contribution in [1.29, 1.82) is 0 Å². The Kier molecular flexibility index (Phi) is 6.22. The topological polar surface area (TPSA) is 70.8 Å². The third-order valence-electron chi connectivity index (χ3n) is 4.32. The zero-order valence-electron chi connectivity index (χ0n) is 14.9. The van der Waals surface area contributed by atoms with E-state index < -0.39 is 12.0 Å². The summed E-state index contributed by atoms with van der Waals surface area (Å²) in [7, 11) is 4.68. The molecule has 0 N–H and O–H groups in total. The molecule has 2 aromatic carbocycles. The molecule has 6 heteroatoms. The zero-order valence-corrected chi connectivity index (χ0v) is 14.9. The van der Waals surface area contributed by atoms with Crippen molar-refractivity contribution in [3.8, 4) is 17.2 Å². The van der Waals surface area contributed by atoms with Crippen LogP contribution in [0.1, 0.15) is 30.4 Å². The minimum absolute atomic E-state index is 0.235. The van der Waals surface area contributed by atoms with Crippen LogP contribution in [0.3, 0.4) is 0 Å². The van der Waals surface area contributed by atoms with Crippen molar-refractivity contribution in [1.82, 2.24) is 0 Å².